The predicted molar refractivity (Wildman–Crippen MR) is 77.7 cm³/mol. The molecule has 1 aliphatic heterocycles. The average molecular weight is 344 g/mol. The molecular weight excluding hydrogens is 335 g/mol. The molecule has 0 bridgehead atoms. The summed E-state index contributed by atoms with van der Waals surface area (Å²) in [7, 11) is 0. The molecule has 2 aromatic carbocycles. The van der Waals surface area contributed by atoms with Gasteiger partial charge in [0.05, 0.1) is 5.02 Å². The summed E-state index contributed by atoms with van der Waals surface area (Å²) in [6.45, 7) is 0. The van der Waals surface area contributed by atoms with Crippen LogP contribution in [0.5, 0.6) is 5.75 Å². The Labute approximate surface area is 124 Å². The lowest BCUT2D eigenvalue weighted by molar-refractivity contribution is 0.239. The van der Waals surface area contributed by atoms with Crippen molar-refractivity contribution < 1.29 is 4.74 Å². The standard InChI is InChI=1S/C14H9BrCl2O/c15-10-3-1-2-8(4-10)13-6-9-5-11(16)7-12(17)14(9)18-13/h1-5,7,13H,6H2. The first-order valence-electron chi connectivity index (χ1n) is 5.53. The Morgan fingerprint density at radius 1 is 1.17 bits per heavy atom. The Hall–Kier alpha value is -0.700. The van der Waals surface area contributed by atoms with E-state index in [1.165, 1.54) is 0 Å². The van der Waals surface area contributed by atoms with Gasteiger partial charge in [-0.2, -0.15) is 0 Å². The van der Waals surface area contributed by atoms with Crippen LogP contribution >= 0.6 is 39.1 Å². The van der Waals surface area contributed by atoms with Crippen molar-refractivity contribution in [3.8, 4) is 5.75 Å². The maximum atomic E-state index is 6.14. The fourth-order valence-corrected chi connectivity index (χ4v) is 3.17. The van der Waals surface area contributed by atoms with E-state index >= 15 is 0 Å². The number of halogens is 3. The van der Waals surface area contributed by atoms with Crippen LogP contribution in [0.15, 0.2) is 40.9 Å². The van der Waals surface area contributed by atoms with Crippen molar-refractivity contribution in [2.75, 3.05) is 0 Å². The quantitative estimate of drug-likeness (QED) is 0.670. The number of ether oxygens (including phenoxy) is 1. The smallest absolute Gasteiger partial charge is 0.142 e. The molecule has 0 spiro atoms. The number of hydrogen-bond acceptors (Lipinski definition) is 1. The van der Waals surface area contributed by atoms with Crippen molar-refractivity contribution in [3.63, 3.8) is 0 Å². The zero-order chi connectivity index (χ0) is 12.7. The summed E-state index contributed by atoms with van der Waals surface area (Å²) in [5.41, 5.74) is 2.20. The van der Waals surface area contributed by atoms with Crippen molar-refractivity contribution in [2.24, 2.45) is 0 Å². The van der Waals surface area contributed by atoms with Crippen molar-refractivity contribution in [1.82, 2.24) is 0 Å². The second kappa shape index (κ2) is 4.76. The molecule has 0 amide bonds. The second-order valence-corrected chi connectivity index (χ2v) is 6.00. The number of benzene rings is 2. The molecule has 0 N–H and O–H groups in total. The molecular formula is C14H9BrCl2O. The summed E-state index contributed by atoms with van der Waals surface area (Å²) in [6.07, 6.45) is 0.806. The van der Waals surface area contributed by atoms with Gasteiger partial charge < -0.3 is 4.74 Å². The molecule has 1 unspecified atom stereocenters. The zero-order valence-electron chi connectivity index (χ0n) is 9.29. The van der Waals surface area contributed by atoms with Crippen molar-refractivity contribution in [3.05, 3.63) is 62.0 Å². The predicted octanol–water partition coefficient (Wildman–Crippen LogP) is 5.43. The van der Waals surface area contributed by atoms with E-state index in [9.17, 15) is 0 Å². The van der Waals surface area contributed by atoms with E-state index in [1.54, 1.807) is 6.07 Å². The zero-order valence-corrected chi connectivity index (χ0v) is 12.4. The van der Waals surface area contributed by atoms with Gasteiger partial charge in [0.25, 0.3) is 0 Å². The molecule has 0 aliphatic carbocycles. The summed E-state index contributed by atoms with van der Waals surface area (Å²) in [6, 6.07) is 11.7. The normalized spacial score (nSPS) is 17.4. The molecule has 0 aromatic heterocycles. The summed E-state index contributed by atoms with van der Waals surface area (Å²) in [5.74, 6) is 0.756. The maximum absolute atomic E-state index is 6.14. The third-order valence-electron chi connectivity index (χ3n) is 2.97. The number of rotatable bonds is 1. The highest BCUT2D eigenvalue weighted by Crippen LogP contribution is 2.43. The molecule has 1 aliphatic rings. The molecule has 18 heavy (non-hydrogen) atoms. The lowest BCUT2D eigenvalue weighted by Crippen LogP contribution is -2.02. The molecule has 0 fully saturated rings. The Bertz CT molecular complexity index is 613. The minimum absolute atomic E-state index is 0.00784. The lowest BCUT2D eigenvalue weighted by Gasteiger charge is -2.11. The van der Waals surface area contributed by atoms with Crippen LogP contribution in [0.4, 0.5) is 0 Å². The fourth-order valence-electron chi connectivity index (χ4n) is 2.17. The molecule has 1 atom stereocenters. The van der Waals surface area contributed by atoms with Gasteiger partial charge in [-0.15, -0.1) is 0 Å². The molecule has 0 saturated heterocycles. The van der Waals surface area contributed by atoms with Gasteiger partial charge >= 0.3 is 0 Å². The molecule has 2 aromatic rings. The highest BCUT2D eigenvalue weighted by Gasteiger charge is 2.27. The van der Waals surface area contributed by atoms with E-state index in [0.717, 1.165) is 27.8 Å². The molecule has 3 rings (SSSR count). The van der Waals surface area contributed by atoms with Gasteiger partial charge in [0.15, 0.2) is 0 Å². The Morgan fingerprint density at radius 3 is 2.78 bits per heavy atom. The lowest BCUT2D eigenvalue weighted by atomic mass is 10.0. The molecule has 92 valence electrons. The van der Waals surface area contributed by atoms with E-state index in [-0.39, 0.29) is 6.10 Å². The highest BCUT2D eigenvalue weighted by molar-refractivity contribution is 9.10. The van der Waals surface area contributed by atoms with Gasteiger partial charge in [0.2, 0.25) is 0 Å². The van der Waals surface area contributed by atoms with E-state index in [2.05, 4.69) is 28.1 Å². The van der Waals surface area contributed by atoms with Gasteiger partial charge in [-0.3, -0.25) is 0 Å². The average Bonchev–Trinajstić information content (AvgIpc) is 2.73. The first-order chi connectivity index (χ1) is 8.63. The van der Waals surface area contributed by atoms with Gasteiger partial charge in [-0.25, -0.2) is 0 Å². The van der Waals surface area contributed by atoms with Crippen LogP contribution in [0.25, 0.3) is 0 Å². The van der Waals surface area contributed by atoms with Crippen LogP contribution in [0.2, 0.25) is 10.0 Å². The largest absolute Gasteiger partial charge is 0.484 e. The summed E-state index contributed by atoms with van der Waals surface area (Å²) >= 11 is 15.6. The van der Waals surface area contributed by atoms with Crippen LogP contribution < -0.4 is 4.74 Å². The van der Waals surface area contributed by atoms with Crippen LogP contribution in [-0.4, -0.2) is 0 Å². The van der Waals surface area contributed by atoms with E-state index in [0.29, 0.717) is 10.0 Å². The topological polar surface area (TPSA) is 9.23 Å². The first kappa shape index (κ1) is 12.3. The van der Waals surface area contributed by atoms with E-state index < -0.39 is 0 Å². The summed E-state index contributed by atoms with van der Waals surface area (Å²) in [4.78, 5) is 0. The van der Waals surface area contributed by atoms with Crippen LogP contribution in [0.3, 0.4) is 0 Å². The molecule has 0 saturated carbocycles. The Kier molecular flexibility index (Phi) is 3.27. The number of hydrogen-bond donors (Lipinski definition) is 0. The second-order valence-electron chi connectivity index (χ2n) is 4.24. The highest BCUT2D eigenvalue weighted by atomic mass is 79.9. The third kappa shape index (κ3) is 2.25. The van der Waals surface area contributed by atoms with Gasteiger partial charge in [0.1, 0.15) is 11.9 Å². The maximum Gasteiger partial charge on any atom is 0.142 e. The van der Waals surface area contributed by atoms with Crippen molar-refractivity contribution >= 4 is 39.1 Å². The first-order valence-corrected chi connectivity index (χ1v) is 7.08. The Balaban J connectivity index is 1.96. The molecule has 1 heterocycles. The number of fused-ring (bicyclic) bond motifs is 1. The van der Waals surface area contributed by atoms with Crippen molar-refractivity contribution in [2.45, 2.75) is 12.5 Å². The van der Waals surface area contributed by atoms with Gasteiger partial charge in [-0.05, 0) is 29.8 Å². The fraction of sp³-hybridized carbons (Fsp3) is 0.143. The summed E-state index contributed by atoms with van der Waals surface area (Å²) in [5, 5.41) is 1.23. The third-order valence-corrected chi connectivity index (χ3v) is 3.96. The van der Waals surface area contributed by atoms with Crippen molar-refractivity contribution in [1.29, 1.82) is 0 Å². The summed E-state index contributed by atoms with van der Waals surface area (Å²) < 4.78 is 6.97. The Morgan fingerprint density at radius 2 is 2.00 bits per heavy atom. The molecule has 1 nitrogen and oxygen atoms in total. The van der Waals surface area contributed by atoms with Gasteiger partial charge in [-0.1, -0.05) is 51.3 Å². The SMILES string of the molecule is Clc1cc(Cl)c2c(c1)CC(c1cccc(Br)c1)O2. The minimum Gasteiger partial charge on any atom is -0.484 e. The van der Waals surface area contributed by atoms with Crippen LogP contribution in [0.1, 0.15) is 17.2 Å². The van der Waals surface area contributed by atoms with E-state index in [4.69, 9.17) is 27.9 Å². The minimum atomic E-state index is 0.00784. The molecule has 4 heteroatoms. The van der Waals surface area contributed by atoms with E-state index in [1.807, 2.05) is 18.2 Å². The molecule has 0 radical (unpaired) electrons. The van der Waals surface area contributed by atoms with Crippen LogP contribution in [0, 0.1) is 0 Å². The monoisotopic (exact) mass is 342 g/mol. The van der Waals surface area contributed by atoms with Crippen LogP contribution in [-0.2, 0) is 6.42 Å². The van der Waals surface area contributed by atoms with Gasteiger partial charge in [0, 0.05) is 21.5 Å².